The Morgan fingerprint density at radius 2 is 2.09 bits per heavy atom. The van der Waals surface area contributed by atoms with Gasteiger partial charge in [0.05, 0.1) is 25.9 Å². The van der Waals surface area contributed by atoms with Crippen molar-refractivity contribution in [1.29, 1.82) is 0 Å². The van der Waals surface area contributed by atoms with Gasteiger partial charge in [0.1, 0.15) is 17.7 Å². The van der Waals surface area contributed by atoms with Gasteiger partial charge in [-0.05, 0) is 37.5 Å². The molecule has 0 amide bonds. The Morgan fingerprint density at radius 1 is 1.32 bits per heavy atom. The van der Waals surface area contributed by atoms with Gasteiger partial charge in [0.15, 0.2) is 0 Å². The predicted molar refractivity (Wildman–Crippen MR) is 81.5 cm³/mol. The highest BCUT2D eigenvalue weighted by Crippen LogP contribution is 2.34. The molecule has 0 bridgehead atoms. The largest absolute Gasteiger partial charge is 0.496 e. The Kier molecular flexibility index (Phi) is 6.61. The minimum Gasteiger partial charge on any atom is -0.496 e. The van der Waals surface area contributed by atoms with E-state index in [1.54, 1.807) is 6.07 Å². The molecule has 1 aliphatic rings. The summed E-state index contributed by atoms with van der Waals surface area (Å²) in [6, 6.07) is 4.24. The van der Waals surface area contributed by atoms with E-state index in [2.05, 4.69) is 6.92 Å². The third kappa shape index (κ3) is 4.41. The number of hydrogen-bond acceptors (Lipinski definition) is 4. The minimum absolute atomic E-state index is 0.0387. The zero-order valence-electron chi connectivity index (χ0n) is 13.3. The van der Waals surface area contributed by atoms with Crippen LogP contribution in [0.1, 0.15) is 44.3 Å². The molecule has 4 nitrogen and oxygen atoms in total. The molecule has 1 aromatic rings. The van der Waals surface area contributed by atoms with Crippen molar-refractivity contribution in [3.63, 3.8) is 0 Å². The van der Waals surface area contributed by atoms with Crippen LogP contribution in [0.3, 0.4) is 0 Å². The fourth-order valence-corrected chi connectivity index (χ4v) is 2.56. The Labute approximate surface area is 131 Å². The summed E-state index contributed by atoms with van der Waals surface area (Å²) < 4.78 is 30.2. The van der Waals surface area contributed by atoms with Crippen molar-refractivity contribution in [1.82, 2.24) is 0 Å². The third-order valence-electron chi connectivity index (χ3n) is 3.96. The number of aliphatic hydroxyl groups excluding tert-OH is 1. The smallest absolute Gasteiger partial charge is 0.124 e. The molecule has 1 saturated carbocycles. The van der Waals surface area contributed by atoms with Crippen LogP contribution in [0.2, 0.25) is 0 Å². The maximum atomic E-state index is 13.4. The second-order valence-corrected chi connectivity index (χ2v) is 5.63. The number of rotatable bonds is 9. The molecule has 22 heavy (non-hydrogen) atoms. The third-order valence-corrected chi connectivity index (χ3v) is 3.96. The molecule has 0 radical (unpaired) electrons. The fraction of sp³-hybridized carbons (Fsp3) is 0.647. The van der Waals surface area contributed by atoms with Gasteiger partial charge in [0.25, 0.3) is 0 Å². The van der Waals surface area contributed by atoms with Gasteiger partial charge in [-0.1, -0.05) is 13.3 Å². The topological polar surface area (TPSA) is 47.9 Å². The van der Waals surface area contributed by atoms with Crippen molar-refractivity contribution in [3.8, 4) is 5.75 Å². The molecule has 0 heterocycles. The second kappa shape index (κ2) is 8.46. The quantitative estimate of drug-likeness (QED) is 0.711. The lowest BCUT2D eigenvalue weighted by Crippen LogP contribution is -2.39. The molecule has 1 aliphatic carbocycles. The summed E-state index contributed by atoms with van der Waals surface area (Å²) in [5.74, 6) is 0.155. The molecular formula is C17H25FO4. The molecule has 0 aliphatic heterocycles. The summed E-state index contributed by atoms with van der Waals surface area (Å²) in [5.41, 5.74) is 0.542. The van der Waals surface area contributed by atoms with Crippen molar-refractivity contribution in [3.05, 3.63) is 29.6 Å². The summed E-state index contributed by atoms with van der Waals surface area (Å²) in [5, 5.41) is 9.56. The molecule has 2 rings (SSSR count). The Hall–Kier alpha value is -1.17. The molecule has 124 valence electrons. The molecule has 5 heteroatoms. The van der Waals surface area contributed by atoms with Gasteiger partial charge in [-0.3, -0.25) is 0 Å². The van der Waals surface area contributed by atoms with Gasteiger partial charge in [-0.2, -0.15) is 0 Å². The maximum absolute atomic E-state index is 13.4. The molecule has 0 spiro atoms. The molecule has 1 fully saturated rings. The zero-order valence-corrected chi connectivity index (χ0v) is 13.3. The number of benzene rings is 1. The van der Waals surface area contributed by atoms with E-state index >= 15 is 0 Å². The van der Waals surface area contributed by atoms with E-state index in [1.807, 2.05) is 0 Å². The monoisotopic (exact) mass is 312 g/mol. The Morgan fingerprint density at radius 3 is 2.73 bits per heavy atom. The van der Waals surface area contributed by atoms with Crippen LogP contribution in [-0.4, -0.2) is 37.6 Å². The molecule has 1 atom stereocenters. The van der Waals surface area contributed by atoms with Gasteiger partial charge >= 0.3 is 0 Å². The molecule has 0 aromatic heterocycles. The number of ether oxygens (including phenoxy) is 3. The maximum Gasteiger partial charge on any atom is 0.124 e. The van der Waals surface area contributed by atoms with Crippen LogP contribution in [0.4, 0.5) is 4.39 Å². The lowest BCUT2D eigenvalue weighted by molar-refractivity contribution is -0.136. The first-order chi connectivity index (χ1) is 10.7. The van der Waals surface area contributed by atoms with Crippen LogP contribution in [-0.2, 0) is 9.47 Å². The summed E-state index contributed by atoms with van der Waals surface area (Å²) in [6.45, 7) is 2.71. The van der Waals surface area contributed by atoms with Crippen LogP contribution in [0.5, 0.6) is 5.75 Å². The zero-order chi connectivity index (χ0) is 15.9. The Bertz CT molecular complexity index is 460. The van der Waals surface area contributed by atoms with Crippen molar-refractivity contribution in [2.45, 2.75) is 50.9 Å². The molecule has 0 unspecified atom stereocenters. The molecule has 0 saturated heterocycles. The highest BCUT2D eigenvalue weighted by Gasteiger charge is 2.33. The predicted octanol–water partition coefficient (Wildman–Crippen LogP) is 3.23. The van der Waals surface area contributed by atoms with Crippen LogP contribution in [0.15, 0.2) is 18.2 Å². The molecular weight excluding hydrogens is 287 g/mol. The summed E-state index contributed by atoms with van der Waals surface area (Å²) >= 11 is 0. The van der Waals surface area contributed by atoms with E-state index in [0.717, 1.165) is 32.3 Å². The van der Waals surface area contributed by atoms with E-state index < -0.39 is 6.10 Å². The highest BCUT2D eigenvalue weighted by atomic mass is 19.1. The first kappa shape index (κ1) is 17.2. The van der Waals surface area contributed by atoms with E-state index in [1.165, 1.54) is 19.2 Å². The van der Waals surface area contributed by atoms with Gasteiger partial charge in [-0.25, -0.2) is 4.39 Å². The van der Waals surface area contributed by atoms with E-state index in [0.29, 0.717) is 11.3 Å². The number of aliphatic hydroxyl groups is 1. The fourth-order valence-electron chi connectivity index (χ4n) is 2.56. The molecule has 1 N–H and O–H groups in total. The minimum atomic E-state index is -0.577. The lowest BCUT2D eigenvalue weighted by atomic mass is 9.91. The van der Waals surface area contributed by atoms with E-state index in [9.17, 15) is 9.50 Å². The average molecular weight is 312 g/mol. The highest BCUT2D eigenvalue weighted by molar-refractivity contribution is 5.36. The van der Waals surface area contributed by atoms with Gasteiger partial charge in [-0.15, -0.1) is 0 Å². The van der Waals surface area contributed by atoms with Gasteiger partial charge < -0.3 is 19.3 Å². The number of hydrogen-bond donors (Lipinski definition) is 1. The van der Waals surface area contributed by atoms with Crippen molar-refractivity contribution in [2.75, 3.05) is 20.3 Å². The number of methoxy groups -OCH3 is 1. The van der Waals surface area contributed by atoms with Crippen LogP contribution in [0.25, 0.3) is 0 Å². The standard InChI is InChI=1S/C17H25FO4/c1-3-4-7-21-13-9-14(10-13)22-17(11-19)15-8-12(18)5-6-16(15)20-2/h5-6,8,13-14,17,19H,3-4,7,9-11H2,1-2H3/t13?,14?,17-/m0/s1. The summed E-state index contributed by atoms with van der Waals surface area (Å²) in [7, 11) is 1.52. The SMILES string of the molecule is CCCCOC1CC(O[C@@H](CO)c2cc(F)ccc2OC)C1. The Balaban J connectivity index is 1.87. The summed E-state index contributed by atoms with van der Waals surface area (Å²) in [4.78, 5) is 0. The lowest BCUT2D eigenvalue weighted by Gasteiger charge is -2.37. The summed E-state index contributed by atoms with van der Waals surface area (Å²) in [6.07, 6.45) is 3.53. The van der Waals surface area contributed by atoms with Crippen LogP contribution < -0.4 is 4.74 Å². The average Bonchev–Trinajstić information content (AvgIpc) is 2.49. The normalized spacial score (nSPS) is 22.2. The first-order valence-corrected chi connectivity index (χ1v) is 7.89. The van der Waals surface area contributed by atoms with Crippen molar-refractivity contribution < 1.29 is 23.7 Å². The number of unbranched alkanes of at least 4 members (excludes halogenated alkanes) is 1. The van der Waals surface area contributed by atoms with Crippen LogP contribution >= 0.6 is 0 Å². The van der Waals surface area contributed by atoms with Crippen LogP contribution in [0, 0.1) is 5.82 Å². The van der Waals surface area contributed by atoms with Gasteiger partial charge in [0.2, 0.25) is 0 Å². The first-order valence-electron chi connectivity index (χ1n) is 7.89. The van der Waals surface area contributed by atoms with Crippen molar-refractivity contribution in [2.24, 2.45) is 0 Å². The van der Waals surface area contributed by atoms with Crippen molar-refractivity contribution >= 4 is 0 Å². The second-order valence-electron chi connectivity index (χ2n) is 5.63. The van der Waals surface area contributed by atoms with Gasteiger partial charge in [0, 0.05) is 12.2 Å². The number of halogens is 1. The van der Waals surface area contributed by atoms with E-state index in [4.69, 9.17) is 14.2 Å². The van der Waals surface area contributed by atoms with E-state index in [-0.39, 0.29) is 24.6 Å². The molecule has 1 aromatic carbocycles.